The highest BCUT2D eigenvalue weighted by atomic mass is 35.5. The number of anilines is 1. The van der Waals surface area contributed by atoms with Crippen molar-refractivity contribution >= 4 is 44.6 Å². The standard InChI is InChI=1S/C13H10Cl2N2O5S/c1-22-9-3-5-13(12(7-9)17(18)19)23(20,21)16-8-2-4-10(14)11(15)6-8/h2-7,16H,1H3. The van der Waals surface area contributed by atoms with Gasteiger partial charge in [-0.1, -0.05) is 23.2 Å². The molecular formula is C13H10Cl2N2O5S. The lowest BCUT2D eigenvalue weighted by Crippen LogP contribution is -2.14. The molecule has 0 spiro atoms. The first-order chi connectivity index (χ1) is 10.7. The fourth-order valence-corrected chi connectivity index (χ4v) is 3.27. The summed E-state index contributed by atoms with van der Waals surface area (Å²) in [5, 5.41) is 11.5. The first-order valence-corrected chi connectivity index (χ1v) is 8.29. The van der Waals surface area contributed by atoms with Crippen molar-refractivity contribution in [2.75, 3.05) is 11.8 Å². The van der Waals surface area contributed by atoms with E-state index in [0.717, 1.165) is 12.1 Å². The Hall–Kier alpha value is -2.03. The lowest BCUT2D eigenvalue weighted by molar-refractivity contribution is -0.387. The number of methoxy groups -OCH3 is 1. The van der Waals surface area contributed by atoms with Crippen molar-refractivity contribution < 1.29 is 18.1 Å². The van der Waals surface area contributed by atoms with Gasteiger partial charge < -0.3 is 4.74 Å². The van der Waals surface area contributed by atoms with E-state index in [2.05, 4.69) is 4.72 Å². The van der Waals surface area contributed by atoms with Crippen LogP contribution in [0, 0.1) is 10.1 Å². The molecule has 0 radical (unpaired) electrons. The second kappa shape index (κ2) is 6.61. The average Bonchev–Trinajstić information content (AvgIpc) is 2.50. The van der Waals surface area contributed by atoms with E-state index in [1.165, 1.54) is 31.4 Å². The van der Waals surface area contributed by atoms with E-state index < -0.39 is 25.5 Å². The topological polar surface area (TPSA) is 98.5 Å². The lowest BCUT2D eigenvalue weighted by Gasteiger charge is -2.10. The van der Waals surface area contributed by atoms with Crippen molar-refractivity contribution in [2.45, 2.75) is 4.90 Å². The van der Waals surface area contributed by atoms with Gasteiger partial charge in [-0.25, -0.2) is 8.42 Å². The number of halogens is 2. The SMILES string of the molecule is COc1ccc(S(=O)(=O)Nc2ccc(Cl)c(Cl)c2)c([N+](=O)[O-])c1. The monoisotopic (exact) mass is 376 g/mol. The van der Waals surface area contributed by atoms with Gasteiger partial charge in [0.15, 0.2) is 4.90 Å². The summed E-state index contributed by atoms with van der Waals surface area (Å²) in [4.78, 5) is 9.82. The second-order valence-electron chi connectivity index (χ2n) is 4.33. The maximum absolute atomic E-state index is 12.4. The van der Waals surface area contributed by atoms with Crippen molar-refractivity contribution in [2.24, 2.45) is 0 Å². The van der Waals surface area contributed by atoms with Gasteiger partial charge in [-0.05, 0) is 30.3 Å². The Labute approximate surface area is 142 Å². The summed E-state index contributed by atoms with van der Waals surface area (Å²) in [6.07, 6.45) is 0. The third-order valence-corrected chi connectivity index (χ3v) is 4.99. The number of ether oxygens (including phenoxy) is 1. The highest BCUT2D eigenvalue weighted by Gasteiger charge is 2.26. The normalized spacial score (nSPS) is 11.1. The Morgan fingerprint density at radius 1 is 1.13 bits per heavy atom. The van der Waals surface area contributed by atoms with E-state index in [-0.39, 0.29) is 21.5 Å². The fourth-order valence-electron chi connectivity index (χ4n) is 1.76. The molecule has 10 heteroatoms. The van der Waals surface area contributed by atoms with Crippen molar-refractivity contribution in [3.63, 3.8) is 0 Å². The molecule has 23 heavy (non-hydrogen) atoms. The van der Waals surface area contributed by atoms with Gasteiger partial charge in [0.25, 0.3) is 15.7 Å². The summed E-state index contributed by atoms with van der Waals surface area (Å²) < 4.78 is 31.9. The van der Waals surface area contributed by atoms with E-state index in [1.807, 2.05) is 0 Å². The van der Waals surface area contributed by atoms with Crippen LogP contribution in [0.5, 0.6) is 5.75 Å². The van der Waals surface area contributed by atoms with Crippen molar-refractivity contribution in [1.82, 2.24) is 0 Å². The summed E-state index contributed by atoms with van der Waals surface area (Å²) in [5.74, 6) is 0.171. The van der Waals surface area contributed by atoms with Crippen molar-refractivity contribution in [3.05, 3.63) is 56.6 Å². The molecule has 122 valence electrons. The number of hydrogen-bond acceptors (Lipinski definition) is 5. The molecule has 0 amide bonds. The van der Waals surface area contributed by atoms with Crippen molar-refractivity contribution in [1.29, 1.82) is 0 Å². The van der Waals surface area contributed by atoms with Crippen molar-refractivity contribution in [3.8, 4) is 5.75 Å². The number of sulfonamides is 1. The van der Waals surface area contributed by atoms with E-state index >= 15 is 0 Å². The maximum atomic E-state index is 12.4. The number of hydrogen-bond donors (Lipinski definition) is 1. The number of nitrogens with zero attached hydrogens (tertiary/aromatic N) is 1. The molecule has 0 unspecified atom stereocenters. The molecule has 0 saturated heterocycles. The van der Waals surface area contributed by atoms with Gasteiger partial charge in [0, 0.05) is 0 Å². The molecule has 0 aliphatic rings. The summed E-state index contributed by atoms with van der Waals surface area (Å²) in [7, 11) is -2.87. The minimum Gasteiger partial charge on any atom is -0.497 e. The molecule has 0 bridgehead atoms. The van der Waals surface area contributed by atoms with Crippen LogP contribution in [0.4, 0.5) is 11.4 Å². The van der Waals surface area contributed by atoms with Crippen LogP contribution in [-0.2, 0) is 10.0 Å². The minimum absolute atomic E-state index is 0.129. The van der Waals surface area contributed by atoms with Gasteiger partial charge in [-0.3, -0.25) is 14.8 Å². The van der Waals surface area contributed by atoms with E-state index in [9.17, 15) is 18.5 Å². The number of nitro benzene ring substituents is 1. The molecule has 0 atom stereocenters. The Morgan fingerprint density at radius 3 is 2.39 bits per heavy atom. The zero-order valence-electron chi connectivity index (χ0n) is 11.6. The molecule has 0 saturated carbocycles. The first kappa shape index (κ1) is 17.3. The van der Waals surface area contributed by atoms with E-state index in [4.69, 9.17) is 27.9 Å². The number of benzene rings is 2. The van der Waals surface area contributed by atoms with Crippen LogP contribution in [0.15, 0.2) is 41.3 Å². The van der Waals surface area contributed by atoms with E-state index in [0.29, 0.717) is 0 Å². The van der Waals surface area contributed by atoms with Crippen LogP contribution in [-0.4, -0.2) is 20.5 Å². The Bertz CT molecular complexity index is 871. The van der Waals surface area contributed by atoms with Gasteiger partial charge in [-0.2, -0.15) is 0 Å². The van der Waals surface area contributed by atoms with Crippen LogP contribution in [0.3, 0.4) is 0 Å². The summed E-state index contributed by atoms with van der Waals surface area (Å²) in [5.41, 5.74) is -0.471. The van der Waals surface area contributed by atoms with Crippen LogP contribution in [0.2, 0.25) is 10.0 Å². The second-order valence-corrected chi connectivity index (χ2v) is 6.79. The zero-order valence-corrected chi connectivity index (χ0v) is 13.9. The summed E-state index contributed by atoms with van der Waals surface area (Å²) in [6, 6.07) is 7.54. The minimum atomic E-state index is -4.19. The molecule has 2 aromatic rings. The number of nitro groups is 1. The molecule has 0 fully saturated rings. The van der Waals surface area contributed by atoms with Crippen LogP contribution >= 0.6 is 23.2 Å². The van der Waals surface area contributed by atoms with Crippen LogP contribution < -0.4 is 9.46 Å². The molecule has 2 rings (SSSR count). The first-order valence-electron chi connectivity index (χ1n) is 6.05. The highest BCUT2D eigenvalue weighted by Crippen LogP contribution is 2.31. The Balaban J connectivity index is 2.47. The van der Waals surface area contributed by atoms with Gasteiger partial charge in [-0.15, -0.1) is 0 Å². The smallest absolute Gasteiger partial charge is 0.293 e. The molecule has 1 N–H and O–H groups in total. The predicted octanol–water partition coefficient (Wildman–Crippen LogP) is 3.71. The Kier molecular flexibility index (Phi) is 4.98. The third-order valence-electron chi connectivity index (χ3n) is 2.82. The quantitative estimate of drug-likeness (QED) is 0.633. The fraction of sp³-hybridized carbons (Fsp3) is 0.0769. The Morgan fingerprint density at radius 2 is 1.83 bits per heavy atom. The largest absolute Gasteiger partial charge is 0.497 e. The van der Waals surface area contributed by atoms with Gasteiger partial charge in [0.1, 0.15) is 5.75 Å². The number of rotatable bonds is 5. The molecule has 0 aliphatic carbocycles. The van der Waals surface area contributed by atoms with Crippen LogP contribution in [0.1, 0.15) is 0 Å². The van der Waals surface area contributed by atoms with Gasteiger partial charge in [0.2, 0.25) is 0 Å². The zero-order chi connectivity index (χ0) is 17.2. The summed E-state index contributed by atoms with van der Waals surface area (Å²) >= 11 is 11.6. The summed E-state index contributed by atoms with van der Waals surface area (Å²) in [6.45, 7) is 0. The lowest BCUT2D eigenvalue weighted by atomic mass is 10.3. The van der Waals surface area contributed by atoms with Gasteiger partial charge in [0.05, 0.1) is 33.8 Å². The molecule has 0 aliphatic heterocycles. The molecule has 7 nitrogen and oxygen atoms in total. The highest BCUT2D eigenvalue weighted by molar-refractivity contribution is 7.92. The average molecular weight is 377 g/mol. The molecule has 0 aromatic heterocycles. The third kappa shape index (κ3) is 3.84. The maximum Gasteiger partial charge on any atom is 0.293 e. The molecule has 2 aromatic carbocycles. The van der Waals surface area contributed by atoms with E-state index in [1.54, 1.807) is 0 Å². The molecular weight excluding hydrogens is 367 g/mol. The molecule has 0 heterocycles. The van der Waals surface area contributed by atoms with Crippen LogP contribution in [0.25, 0.3) is 0 Å². The predicted molar refractivity (Wildman–Crippen MR) is 86.9 cm³/mol. The van der Waals surface area contributed by atoms with Gasteiger partial charge >= 0.3 is 0 Å². The number of nitrogens with one attached hydrogen (secondary N) is 1.